The van der Waals surface area contributed by atoms with Gasteiger partial charge in [-0.25, -0.2) is 4.39 Å². The minimum atomic E-state index is -0.609. The van der Waals surface area contributed by atoms with Gasteiger partial charge in [0.1, 0.15) is 5.82 Å². The van der Waals surface area contributed by atoms with Crippen LogP contribution < -0.4 is 16.4 Å². The van der Waals surface area contributed by atoms with Crippen LogP contribution in [-0.4, -0.2) is 11.8 Å². The summed E-state index contributed by atoms with van der Waals surface area (Å²) in [5.41, 5.74) is 7.42. The van der Waals surface area contributed by atoms with Crippen molar-refractivity contribution in [3.8, 4) is 0 Å². The Morgan fingerprint density at radius 2 is 1.81 bits per heavy atom. The molecule has 0 spiro atoms. The Morgan fingerprint density at radius 1 is 1.10 bits per heavy atom. The van der Waals surface area contributed by atoms with Gasteiger partial charge < -0.3 is 11.1 Å². The highest BCUT2D eigenvalue weighted by Gasteiger charge is 2.26. The van der Waals surface area contributed by atoms with Gasteiger partial charge in [0.15, 0.2) is 0 Å². The van der Waals surface area contributed by atoms with Crippen molar-refractivity contribution in [3.63, 3.8) is 0 Å². The van der Waals surface area contributed by atoms with E-state index < -0.39 is 17.6 Å². The van der Waals surface area contributed by atoms with Gasteiger partial charge in [0.2, 0.25) is 0 Å². The van der Waals surface area contributed by atoms with E-state index >= 15 is 0 Å². The van der Waals surface area contributed by atoms with Crippen molar-refractivity contribution in [2.45, 2.75) is 0 Å². The number of hydrogen-bond acceptors (Lipinski definition) is 4. The van der Waals surface area contributed by atoms with Gasteiger partial charge >= 0.3 is 0 Å². The summed E-state index contributed by atoms with van der Waals surface area (Å²) in [5, 5.41) is 5.01. The molecule has 3 rings (SSSR count). The molecule has 21 heavy (non-hydrogen) atoms. The Labute approximate surface area is 123 Å². The lowest BCUT2D eigenvalue weighted by atomic mass is 10.1. The maximum Gasteiger partial charge on any atom is 0.259 e. The Kier molecular flexibility index (Phi) is 3.03. The van der Waals surface area contributed by atoms with Crippen molar-refractivity contribution in [1.82, 2.24) is 5.32 Å². The summed E-state index contributed by atoms with van der Waals surface area (Å²) in [6.07, 6.45) is 0. The number of fused-ring (bicyclic) bond motifs is 1. The van der Waals surface area contributed by atoms with Gasteiger partial charge in [-0.3, -0.25) is 14.9 Å². The third kappa shape index (κ3) is 2.30. The van der Waals surface area contributed by atoms with Crippen molar-refractivity contribution < 1.29 is 14.0 Å². The average molecular weight is 306 g/mol. The molecule has 2 aromatic carbocycles. The molecule has 2 amide bonds. The van der Waals surface area contributed by atoms with Crippen LogP contribution in [0, 0.1) is 5.82 Å². The average Bonchev–Trinajstić information content (AvgIpc) is 2.71. The number of amides is 2. The van der Waals surface area contributed by atoms with Gasteiger partial charge in [-0.2, -0.15) is 0 Å². The molecule has 1 aliphatic heterocycles. The van der Waals surface area contributed by atoms with E-state index in [2.05, 4.69) is 10.6 Å². The molecular weight excluding hydrogens is 297 g/mol. The first-order valence-electron chi connectivity index (χ1n) is 5.97. The van der Waals surface area contributed by atoms with Crippen LogP contribution in [0.3, 0.4) is 0 Å². The van der Waals surface area contributed by atoms with Crippen LogP contribution in [0.1, 0.15) is 20.7 Å². The van der Waals surface area contributed by atoms with Crippen LogP contribution >= 0.6 is 11.6 Å². The first-order valence-corrected chi connectivity index (χ1v) is 6.35. The number of carbonyl (C=O) groups excluding carboxylic acids is 2. The van der Waals surface area contributed by atoms with Gasteiger partial charge in [-0.1, -0.05) is 11.6 Å². The van der Waals surface area contributed by atoms with E-state index in [1.54, 1.807) is 6.07 Å². The molecule has 0 aliphatic carbocycles. The second kappa shape index (κ2) is 4.75. The molecule has 0 saturated carbocycles. The predicted molar refractivity (Wildman–Crippen MR) is 77.3 cm³/mol. The molecule has 0 aromatic heterocycles. The first-order chi connectivity index (χ1) is 9.95. The maximum absolute atomic E-state index is 13.5. The van der Waals surface area contributed by atoms with Gasteiger partial charge in [0, 0.05) is 11.8 Å². The molecule has 0 radical (unpaired) electrons. The van der Waals surface area contributed by atoms with Gasteiger partial charge in [0.05, 0.1) is 27.5 Å². The van der Waals surface area contributed by atoms with Gasteiger partial charge in [0.25, 0.3) is 11.8 Å². The first kappa shape index (κ1) is 13.4. The zero-order chi connectivity index (χ0) is 15.1. The van der Waals surface area contributed by atoms with Crippen LogP contribution in [0.25, 0.3) is 0 Å². The summed E-state index contributed by atoms with van der Waals surface area (Å²) in [4.78, 5) is 23.0. The highest BCUT2D eigenvalue weighted by atomic mass is 35.5. The Hall–Kier alpha value is -2.60. The third-order valence-corrected chi connectivity index (χ3v) is 3.40. The topological polar surface area (TPSA) is 84.2 Å². The Morgan fingerprint density at radius 3 is 2.57 bits per heavy atom. The van der Waals surface area contributed by atoms with Crippen LogP contribution in [0.15, 0.2) is 30.3 Å². The summed E-state index contributed by atoms with van der Waals surface area (Å²) in [5.74, 6) is -1.50. The molecule has 0 atom stereocenters. The van der Waals surface area contributed by atoms with Crippen LogP contribution in [0.5, 0.6) is 0 Å². The largest absolute Gasteiger partial charge is 0.397 e. The highest BCUT2D eigenvalue weighted by Crippen LogP contribution is 2.30. The molecule has 4 N–H and O–H groups in total. The second-order valence-corrected chi connectivity index (χ2v) is 4.93. The predicted octanol–water partition coefficient (Wildman–Crippen LogP) is 2.69. The second-order valence-electron chi connectivity index (χ2n) is 4.52. The van der Waals surface area contributed by atoms with Crippen LogP contribution in [-0.2, 0) is 0 Å². The normalized spacial score (nSPS) is 13.0. The number of rotatable bonds is 2. The molecule has 0 bridgehead atoms. The smallest absolute Gasteiger partial charge is 0.259 e. The van der Waals surface area contributed by atoms with Crippen molar-refractivity contribution in [2.75, 3.05) is 11.1 Å². The molecule has 5 nitrogen and oxygen atoms in total. The van der Waals surface area contributed by atoms with Crippen LogP contribution in [0.4, 0.5) is 21.5 Å². The summed E-state index contributed by atoms with van der Waals surface area (Å²) in [6, 6.07) is 7.07. The zero-order valence-corrected chi connectivity index (χ0v) is 11.3. The van der Waals surface area contributed by atoms with Gasteiger partial charge in [-0.15, -0.1) is 0 Å². The number of anilines is 3. The van der Waals surface area contributed by atoms with E-state index in [0.717, 1.165) is 6.07 Å². The molecule has 2 aromatic rings. The Balaban J connectivity index is 1.97. The number of nitrogen functional groups attached to an aromatic ring is 1. The number of carbonyl (C=O) groups is 2. The fourth-order valence-corrected chi connectivity index (χ4v) is 2.24. The molecule has 7 heteroatoms. The molecule has 0 saturated heterocycles. The summed E-state index contributed by atoms with van der Waals surface area (Å²) < 4.78 is 13.5. The molecule has 0 fully saturated rings. The lowest BCUT2D eigenvalue weighted by molar-refractivity contribution is 0.0879. The molecule has 1 heterocycles. The fourth-order valence-electron chi connectivity index (χ4n) is 2.07. The van der Waals surface area contributed by atoms with Crippen LogP contribution in [0.2, 0.25) is 5.02 Å². The van der Waals surface area contributed by atoms with E-state index in [1.165, 1.54) is 18.2 Å². The summed E-state index contributed by atoms with van der Waals surface area (Å²) >= 11 is 5.63. The summed E-state index contributed by atoms with van der Waals surface area (Å²) in [6.45, 7) is 0. The molecular formula is C14H9ClFN3O2. The fraction of sp³-hybridized carbons (Fsp3) is 0. The number of hydrogen-bond donors (Lipinski definition) is 3. The van der Waals surface area contributed by atoms with Crippen molar-refractivity contribution in [1.29, 1.82) is 0 Å². The molecule has 1 aliphatic rings. The standard InChI is InChI=1S/C14H9ClFN3O2/c15-9-4-11(17)12(5-10(9)16)18-6-1-2-7-8(3-6)14(21)19-13(7)20/h1-5,18H,17H2,(H,19,20,21). The van der Waals surface area contributed by atoms with Crippen molar-refractivity contribution >= 4 is 40.5 Å². The lowest BCUT2D eigenvalue weighted by Gasteiger charge is -2.11. The van der Waals surface area contributed by atoms with E-state index in [1.807, 2.05) is 0 Å². The minimum Gasteiger partial charge on any atom is -0.397 e. The highest BCUT2D eigenvalue weighted by molar-refractivity contribution is 6.31. The monoisotopic (exact) mass is 305 g/mol. The number of imide groups is 1. The lowest BCUT2D eigenvalue weighted by Crippen LogP contribution is -2.19. The van der Waals surface area contributed by atoms with E-state index in [9.17, 15) is 14.0 Å². The molecule has 106 valence electrons. The van der Waals surface area contributed by atoms with Crippen molar-refractivity contribution in [3.05, 3.63) is 52.3 Å². The third-order valence-electron chi connectivity index (χ3n) is 3.11. The Bertz CT molecular complexity index is 792. The minimum absolute atomic E-state index is 0.0722. The van der Waals surface area contributed by atoms with E-state index in [4.69, 9.17) is 17.3 Å². The number of benzene rings is 2. The van der Waals surface area contributed by atoms with E-state index in [0.29, 0.717) is 16.9 Å². The number of halogens is 2. The maximum atomic E-state index is 13.5. The molecule has 0 unspecified atom stereocenters. The number of nitrogens with two attached hydrogens (primary N) is 1. The summed E-state index contributed by atoms with van der Waals surface area (Å²) in [7, 11) is 0. The van der Waals surface area contributed by atoms with E-state index in [-0.39, 0.29) is 16.3 Å². The quantitative estimate of drug-likeness (QED) is 0.588. The van der Waals surface area contributed by atoms with Crippen molar-refractivity contribution in [2.24, 2.45) is 0 Å². The SMILES string of the molecule is Nc1cc(Cl)c(F)cc1Nc1ccc2c(c1)C(=O)NC2=O. The zero-order valence-electron chi connectivity index (χ0n) is 10.5. The van der Waals surface area contributed by atoms with Gasteiger partial charge in [-0.05, 0) is 24.3 Å². The number of nitrogens with one attached hydrogen (secondary N) is 2.